The van der Waals surface area contributed by atoms with E-state index in [2.05, 4.69) is 10.3 Å². The van der Waals surface area contributed by atoms with Gasteiger partial charge in [0.15, 0.2) is 15.8 Å². The molecule has 1 aliphatic carbocycles. The zero-order valence-electron chi connectivity index (χ0n) is 14.3. The van der Waals surface area contributed by atoms with E-state index in [9.17, 15) is 13.2 Å². The Morgan fingerprint density at radius 3 is 2.48 bits per heavy atom. The Morgan fingerprint density at radius 2 is 1.91 bits per heavy atom. The Morgan fingerprint density at radius 1 is 1.26 bits per heavy atom. The van der Waals surface area contributed by atoms with E-state index in [4.69, 9.17) is 0 Å². The van der Waals surface area contributed by atoms with Crippen molar-refractivity contribution in [3.63, 3.8) is 0 Å². The van der Waals surface area contributed by atoms with E-state index < -0.39 is 14.6 Å². The molecule has 2 rings (SSSR count). The van der Waals surface area contributed by atoms with Crippen LogP contribution in [-0.4, -0.2) is 81.4 Å². The highest BCUT2D eigenvalue weighted by Gasteiger charge is 2.48. The van der Waals surface area contributed by atoms with Crippen LogP contribution < -0.4 is 5.32 Å². The van der Waals surface area contributed by atoms with Gasteiger partial charge in [0, 0.05) is 34.2 Å². The third-order valence-electron chi connectivity index (χ3n) is 4.94. The number of amides is 1. The van der Waals surface area contributed by atoms with Crippen LogP contribution in [0.4, 0.5) is 0 Å². The predicted molar refractivity (Wildman–Crippen MR) is 91.2 cm³/mol. The maximum atomic E-state index is 12.6. The Balaban J connectivity index is 2.09. The predicted octanol–water partition coefficient (Wildman–Crippen LogP) is 0.0833. The van der Waals surface area contributed by atoms with Gasteiger partial charge in [-0.2, -0.15) is 0 Å². The first-order valence-corrected chi connectivity index (χ1v) is 9.85. The van der Waals surface area contributed by atoms with Crippen LogP contribution in [0.25, 0.3) is 0 Å². The molecule has 0 unspecified atom stereocenters. The van der Waals surface area contributed by atoms with E-state index in [0.29, 0.717) is 19.0 Å². The van der Waals surface area contributed by atoms with E-state index in [1.54, 1.807) is 21.1 Å². The number of likely N-dealkylation sites (N-methyl/N-ethyl adjacent to an activating group) is 1. The van der Waals surface area contributed by atoms with E-state index in [-0.39, 0.29) is 18.2 Å². The average Bonchev–Trinajstić information content (AvgIpc) is 2.52. The summed E-state index contributed by atoms with van der Waals surface area (Å²) in [5.74, 6) is 0.734. The van der Waals surface area contributed by atoms with Gasteiger partial charge in [0.1, 0.15) is 0 Å². The summed E-state index contributed by atoms with van der Waals surface area (Å²) in [6, 6.07) is 0. The summed E-state index contributed by atoms with van der Waals surface area (Å²) < 4.78 is 24.6. The number of rotatable bonds is 2. The summed E-state index contributed by atoms with van der Waals surface area (Å²) in [4.78, 5) is 19.5. The van der Waals surface area contributed by atoms with E-state index in [0.717, 1.165) is 32.1 Å². The van der Waals surface area contributed by atoms with Crippen molar-refractivity contribution in [2.24, 2.45) is 4.99 Å². The molecule has 1 saturated heterocycles. The number of carbonyl (C=O) groups excluding carboxylic acids is 1. The minimum atomic E-state index is -3.07. The first-order chi connectivity index (χ1) is 10.8. The van der Waals surface area contributed by atoms with Crippen LogP contribution in [0.3, 0.4) is 0 Å². The van der Waals surface area contributed by atoms with Crippen LogP contribution in [0.1, 0.15) is 32.1 Å². The lowest BCUT2D eigenvalue weighted by Gasteiger charge is -2.45. The minimum Gasteiger partial charge on any atom is -0.347 e. The number of hydrogen-bond acceptors (Lipinski definition) is 4. The van der Waals surface area contributed by atoms with Crippen molar-refractivity contribution in [3.8, 4) is 0 Å². The molecule has 0 bridgehead atoms. The molecule has 2 fully saturated rings. The van der Waals surface area contributed by atoms with Gasteiger partial charge < -0.3 is 15.1 Å². The molecule has 1 N–H and O–H groups in total. The van der Waals surface area contributed by atoms with Gasteiger partial charge in [-0.25, -0.2) is 8.42 Å². The first-order valence-electron chi connectivity index (χ1n) is 8.19. The van der Waals surface area contributed by atoms with Crippen molar-refractivity contribution in [3.05, 3.63) is 0 Å². The monoisotopic (exact) mass is 344 g/mol. The highest BCUT2D eigenvalue weighted by molar-refractivity contribution is 7.92. The van der Waals surface area contributed by atoms with Crippen LogP contribution >= 0.6 is 0 Å². The van der Waals surface area contributed by atoms with Gasteiger partial charge in [0.05, 0.1) is 17.0 Å². The largest absolute Gasteiger partial charge is 0.347 e. The third-order valence-corrected chi connectivity index (χ3v) is 7.52. The minimum absolute atomic E-state index is 0.0387. The van der Waals surface area contributed by atoms with Crippen LogP contribution in [0.2, 0.25) is 0 Å². The van der Waals surface area contributed by atoms with Crippen LogP contribution in [0.15, 0.2) is 4.99 Å². The van der Waals surface area contributed by atoms with Crippen molar-refractivity contribution in [2.45, 2.75) is 36.9 Å². The molecule has 1 amide bonds. The first kappa shape index (κ1) is 18.0. The Labute approximate surface area is 139 Å². The van der Waals surface area contributed by atoms with Crippen LogP contribution in [0, 0.1) is 0 Å². The molecular formula is C15H28N4O3S. The number of sulfone groups is 1. The molecule has 0 atom stereocenters. The SMILES string of the molecule is CN=C(NCC(=O)N(C)C)N1CCS(=O)(=O)C2(CCCCC2)C1. The normalized spacial score (nSPS) is 23.6. The summed E-state index contributed by atoms with van der Waals surface area (Å²) in [5.41, 5.74) is 0. The van der Waals surface area contributed by atoms with Gasteiger partial charge in [-0.15, -0.1) is 0 Å². The van der Waals surface area contributed by atoms with E-state index >= 15 is 0 Å². The number of nitrogens with zero attached hydrogens (tertiary/aromatic N) is 3. The topological polar surface area (TPSA) is 82.1 Å². The highest BCUT2D eigenvalue weighted by atomic mass is 32.2. The molecule has 0 aromatic rings. The zero-order valence-corrected chi connectivity index (χ0v) is 15.2. The van der Waals surface area contributed by atoms with Gasteiger partial charge in [-0.1, -0.05) is 19.3 Å². The fourth-order valence-corrected chi connectivity index (χ4v) is 5.62. The Bertz CT molecular complexity index is 565. The summed E-state index contributed by atoms with van der Waals surface area (Å²) in [5, 5.41) is 3.06. The fraction of sp³-hybridized carbons (Fsp3) is 0.867. The summed E-state index contributed by atoms with van der Waals surface area (Å²) in [6.07, 6.45) is 4.52. The molecule has 1 heterocycles. The van der Waals surface area contributed by atoms with Crippen LogP contribution in [-0.2, 0) is 14.6 Å². The molecule has 132 valence electrons. The fourth-order valence-electron chi connectivity index (χ4n) is 3.46. The number of hydrogen-bond donors (Lipinski definition) is 1. The van der Waals surface area contributed by atoms with E-state index in [1.165, 1.54) is 4.90 Å². The molecule has 1 aliphatic heterocycles. The Kier molecular flexibility index (Phi) is 5.54. The second-order valence-corrected chi connectivity index (χ2v) is 9.18. The van der Waals surface area contributed by atoms with Crippen molar-refractivity contribution in [1.29, 1.82) is 0 Å². The van der Waals surface area contributed by atoms with Crippen molar-refractivity contribution in [1.82, 2.24) is 15.1 Å². The molecule has 2 aliphatic rings. The van der Waals surface area contributed by atoms with Crippen molar-refractivity contribution in [2.75, 3.05) is 46.5 Å². The standard InChI is InChI=1S/C15H28N4O3S/c1-16-14(17-11-13(20)18(2)3)19-9-10-23(21,22)15(12-19)7-5-4-6-8-15/h4-12H2,1-3H3,(H,16,17). The zero-order chi connectivity index (χ0) is 17.1. The summed E-state index contributed by atoms with van der Waals surface area (Å²) >= 11 is 0. The van der Waals surface area contributed by atoms with Gasteiger partial charge in [-0.3, -0.25) is 9.79 Å². The smallest absolute Gasteiger partial charge is 0.241 e. The van der Waals surface area contributed by atoms with Gasteiger partial charge >= 0.3 is 0 Å². The molecule has 8 heteroatoms. The third kappa shape index (κ3) is 3.79. The maximum absolute atomic E-state index is 12.6. The van der Waals surface area contributed by atoms with Crippen molar-refractivity contribution >= 4 is 21.7 Å². The van der Waals surface area contributed by atoms with Gasteiger partial charge in [0.25, 0.3) is 0 Å². The number of carbonyl (C=O) groups is 1. The summed E-state index contributed by atoms with van der Waals surface area (Å²) in [6.45, 7) is 1.07. The second-order valence-electron chi connectivity index (χ2n) is 6.67. The Hall–Kier alpha value is -1.31. The molecule has 0 radical (unpaired) electrons. The number of nitrogens with one attached hydrogen (secondary N) is 1. The van der Waals surface area contributed by atoms with Gasteiger partial charge in [0.2, 0.25) is 5.91 Å². The van der Waals surface area contributed by atoms with Crippen LogP contribution in [0.5, 0.6) is 0 Å². The molecule has 0 aromatic heterocycles. The molecule has 1 spiro atoms. The second kappa shape index (κ2) is 7.07. The lowest BCUT2D eigenvalue weighted by molar-refractivity contribution is -0.127. The number of guanidine groups is 1. The van der Waals surface area contributed by atoms with E-state index in [1.807, 2.05) is 4.90 Å². The molecule has 23 heavy (non-hydrogen) atoms. The quantitative estimate of drug-likeness (QED) is 0.567. The molecule has 1 saturated carbocycles. The molecule has 7 nitrogen and oxygen atoms in total. The highest BCUT2D eigenvalue weighted by Crippen LogP contribution is 2.38. The lowest BCUT2D eigenvalue weighted by atomic mass is 9.87. The summed E-state index contributed by atoms with van der Waals surface area (Å²) in [7, 11) is 2.01. The lowest BCUT2D eigenvalue weighted by Crippen LogP contribution is -2.60. The van der Waals surface area contributed by atoms with Crippen molar-refractivity contribution < 1.29 is 13.2 Å². The van der Waals surface area contributed by atoms with Gasteiger partial charge in [-0.05, 0) is 12.8 Å². The number of aliphatic imine (C=N–C) groups is 1. The molecule has 0 aromatic carbocycles. The molecular weight excluding hydrogens is 316 g/mol. The average molecular weight is 344 g/mol. The maximum Gasteiger partial charge on any atom is 0.241 e.